The molecule has 0 aromatic carbocycles. The summed E-state index contributed by atoms with van der Waals surface area (Å²) in [5.41, 5.74) is 0. The lowest BCUT2D eigenvalue weighted by atomic mass is 10.1. The molecule has 0 bridgehead atoms. The molecule has 1 unspecified atom stereocenters. The summed E-state index contributed by atoms with van der Waals surface area (Å²) in [7, 11) is 0. The molecule has 2 nitrogen and oxygen atoms in total. The SMILES string of the molecule is CCCCCC(C)NCCN1CCSCC1. The molecular formula is C13H28N2S. The van der Waals surface area contributed by atoms with E-state index in [0.29, 0.717) is 6.04 Å². The maximum absolute atomic E-state index is 3.64. The second-order valence-electron chi connectivity index (χ2n) is 4.80. The van der Waals surface area contributed by atoms with Crippen molar-refractivity contribution in [3.05, 3.63) is 0 Å². The minimum Gasteiger partial charge on any atom is -0.313 e. The summed E-state index contributed by atoms with van der Waals surface area (Å²) in [4.78, 5) is 2.59. The summed E-state index contributed by atoms with van der Waals surface area (Å²) < 4.78 is 0. The maximum atomic E-state index is 3.64. The van der Waals surface area contributed by atoms with Gasteiger partial charge >= 0.3 is 0 Å². The predicted octanol–water partition coefficient (Wildman–Crippen LogP) is 2.59. The van der Waals surface area contributed by atoms with Crippen molar-refractivity contribution in [3.8, 4) is 0 Å². The molecule has 1 aliphatic rings. The zero-order chi connectivity index (χ0) is 11.6. The van der Waals surface area contributed by atoms with Gasteiger partial charge in [0.2, 0.25) is 0 Å². The number of unbranched alkanes of at least 4 members (excludes halogenated alkanes) is 2. The molecule has 1 heterocycles. The average molecular weight is 244 g/mol. The van der Waals surface area contributed by atoms with Crippen molar-refractivity contribution in [1.29, 1.82) is 0 Å². The summed E-state index contributed by atoms with van der Waals surface area (Å²) in [5.74, 6) is 2.65. The molecule has 1 aliphatic heterocycles. The van der Waals surface area contributed by atoms with E-state index in [1.807, 2.05) is 0 Å². The Kier molecular flexibility index (Phi) is 8.34. The quantitative estimate of drug-likeness (QED) is 0.661. The first kappa shape index (κ1) is 14.3. The lowest BCUT2D eigenvalue weighted by Crippen LogP contribution is -2.39. The molecule has 0 aromatic rings. The monoisotopic (exact) mass is 244 g/mol. The van der Waals surface area contributed by atoms with Crippen molar-refractivity contribution in [2.75, 3.05) is 37.7 Å². The molecule has 0 amide bonds. The van der Waals surface area contributed by atoms with Gasteiger partial charge in [-0.1, -0.05) is 26.2 Å². The zero-order valence-electron chi connectivity index (χ0n) is 11.0. The first-order valence-corrected chi connectivity index (χ1v) is 8.02. The van der Waals surface area contributed by atoms with E-state index < -0.39 is 0 Å². The Morgan fingerprint density at radius 2 is 2.00 bits per heavy atom. The lowest BCUT2D eigenvalue weighted by Gasteiger charge is -2.26. The van der Waals surface area contributed by atoms with Crippen LogP contribution >= 0.6 is 11.8 Å². The Labute approximate surface area is 106 Å². The minimum atomic E-state index is 0.700. The molecule has 1 N–H and O–H groups in total. The Morgan fingerprint density at radius 3 is 2.69 bits per heavy atom. The van der Waals surface area contributed by atoms with Crippen molar-refractivity contribution in [2.24, 2.45) is 0 Å². The highest BCUT2D eigenvalue weighted by Gasteiger charge is 2.09. The number of hydrogen-bond donors (Lipinski definition) is 1. The second-order valence-corrected chi connectivity index (χ2v) is 6.03. The van der Waals surface area contributed by atoms with Gasteiger partial charge in [-0.3, -0.25) is 0 Å². The van der Waals surface area contributed by atoms with Gasteiger partial charge in [0.15, 0.2) is 0 Å². The van der Waals surface area contributed by atoms with E-state index in [-0.39, 0.29) is 0 Å². The number of hydrogen-bond acceptors (Lipinski definition) is 3. The second kappa shape index (κ2) is 9.32. The van der Waals surface area contributed by atoms with Crippen LogP contribution in [0.1, 0.15) is 39.5 Å². The van der Waals surface area contributed by atoms with Crippen LogP contribution in [0.4, 0.5) is 0 Å². The molecule has 96 valence electrons. The van der Waals surface area contributed by atoms with E-state index in [0.717, 1.165) is 6.54 Å². The topological polar surface area (TPSA) is 15.3 Å². The van der Waals surface area contributed by atoms with Gasteiger partial charge in [0.1, 0.15) is 0 Å². The van der Waals surface area contributed by atoms with E-state index in [1.165, 1.54) is 56.8 Å². The van der Waals surface area contributed by atoms with Crippen LogP contribution in [0.3, 0.4) is 0 Å². The van der Waals surface area contributed by atoms with E-state index in [1.54, 1.807) is 0 Å². The highest BCUT2D eigenvalue weighted by atomic mass is 32.2. The van der Waals surface area contributed by atoms with E-state index in [9.17, 15) is 0 Å². The Bertz CT molecular complexity index is 158. The maximum Gasteiger partial charge on any atom is 0.0108 e. The molecule has 0 aromatic heterocycles. The third-order valence-electron chi connectivity index (χ3n) is 3.27. The zero-order valence-corrected chi connectivity index (χ0v) is 11.8. The van der Waals surface area contributed by atoms with Crippen LogP contribution < -0.4 is 5.32 Å². The van der Waals surface area contributed by atoms with Crippen LogP contribution in [-0.4, -0.2) is 48.6 Å². The Balaban J connectivity index is 1.92. The molecule has 0 spiro atoms. The largest absolute Gasteiger partial charge is 0.313 e. The van der Waals surface area contributed by atoms with Gasteiger partial charge in [-0.25, -0.2) is 0 Å². The third-order valence-corrected chi connectivity index (χ3v) is 4.21. The van der Waals surface area contributed by atoms with Crippen molar-refractivity contribution in [3.63, 3.8) is 0 Å². The van der Waals surface area contributed by atoms with Crippen molar-refractivity contribution < 1.29 is 0 Å². The van der Waals surface area contributed by atoms with Gasteiger partial charge in [-0.05, 0) is 13.3 Å². The summed E-state index contributed by atoms with van der Waals surface area (Å²) in [6, 6.07) is 0.700. The highest BCUT2D eigenvalue weighted by molar-refractivity contribution is 7.99. The fourth-order valence-electron chi connectivity index (χ4n) is 2.10. The van der Waals surface area contributed by atoms with Gasteiger partial charge in [0, 0.05) is 43.7 Å². The predicted molar refractivity (Wildman–Crippen MR) is 75.4 cm³/mol. The number of rotatable bonds is 8. The molecule has 1 rings (SSSR count). The highest BCUT2D eigenvalue weighted by Crippen LogP contribution is 2.08. The van der Waals surface area contributed by atoms with Gasteiger partial charge in [0.25, 0.3) is 0 Å². The fraction of sp³-hybridized carbons (Fsp3) is 1.00. The summed E-state index contributed by atoms with van der Waals surface area (Å²) in [5, 5.41) is 3.64. The summed E-state index contributed by atoms with van der Waals surface area (Å²) in [6.45, 7) is 9.57. The number of thioether (sulfide) groups is 1. The van der Waals surface area contributed by atoms with Crippen LogP contribution in [0, 0.1) is 0 Å². The first-order valence-electron chi connectivity index (χ1n) is 6.86. The van der Waals surface area contributed by atoms with Crippen LogP contribution in [-0.2, 0) is 0 Å². The van der Waals surface area contributed by atoms with Crippen LogP contribution in [0.2, 0.25) is 0 Å². The average Bonchev–Trinajstić information content (AvgIpc) is 2.31. The molecule has 16 heavy (non-hydrogen) atoms. The van der Waals surface area contributed by atoms with Crippen LogP contribution in [0.5, 0.6) is 0 Å². The molecular weight excluding hydrogens is 216 g/mol. The lowest BCUT2D eigenvalue weighted by molar-refractivity contribution is 0.294. The standard InChI is InChI=1S/C13H28N2S/c1-3-4-5-6-13(2)14-7-8-15-9-11-16-12-10-15/h13-14H,3-12H2,1-2H3. The summed E-state index contributed by atoms with van der Waals surface area (Å²) >= 11 is 2.09. The molecule has 1 saturated heterocycles. The molecule has 1 fully saturated rings. The van der Waals surface area contributed by atoms with Crippen molar-refractivity contribution in [2.45, 2.75) is 45.6 Å². The first-order chi connectivity index (χ1) is 7.83. The van der Waals surface area contributed by atoms with Gasteiger partial charge in [0.05, 0.1) is 0 Å². The number of nitrogens with zero attached hydrogens (tertiary/aromatic N) is 1. The van der Waals surface area contributed by atoms with Crippen LogP contribution in [0.15, 0.2) is 0 Å². The van der Waals surface area contributed by atoms with Gasteiger partial charge < -0.3 is 10.2 Å². The minimum absolute atomic E-state index is 0.700. The Morgan fingerprint density at radius 1 is 1.25 bits per heavy atom. The van der Waals surface area contributed by atoms with Gasteiger partial charge in [-0.2, -0.15) is 11.8 Å². The van der Waals surface area contributed by atoms with Crippen molar-refractivity contribution >= 4 is 11.8 Å². The smallest absolute Gasteiger partial charge is 0.0108 e. The summed E-state index contributed by atoms with van der Waals surface area (Å²) in [6.07, 6.45) is 5.43. The molecule has 0 aliphatic carbocycles. The Hall–Kier alpha value is 0.270. The van der Waals surface area contributed by atoms with Gasteiger partial charge in [-0.15, -0.1) is 0 Å². The number of nitrogens with one attached hydrogen (secondary N) is 1. The van der Waals surface area contributed by atoms with E-state index in [4.69, 9.17) is 0 Å². The molecule has 3 heteroatoms. The van der Waals surface area contributed by atoms with Crippen LogP contribution in [0.25, 0.3) is 0 Å². The van der Waals surface area contributed by atoms with Crippen molar-refractivity contribution in [1.82, 2.24) is 10.2 Å². The molecule has 0 saturated carbocycles. The fourth-order valence-corrected chi connectivity index (χ4v) is 3.08. The molecule has 0 radical (unpaired) electrons. The van der Waals surface area contributed by atoms with E-state index >= 15 is 0 Å². The normalized spacial score (nSPS) is 19.9. The third kappa shape index (κ3) is 6.77. The van der Waals surface area contributed by atoms with E-state index in [2.05, 4.69) is 35.8 Å². The molecule has 1 atom stereocenters.